The lowest BCUT2D eigenvalue weighted by Crippen LogP contribution is -2.00. The van der Waals surface area contributed by atoms with Crippen LogP contribution in [0.1, 0.15) is 66.2 Å². The Morgan fingerprint density at radius 1 is 1.18 bits per heavy atom. The first-order valence-corrected chi connectivity index (χ1v) is 7.22. The van der Waals surface area contributed by atoms with Gasteiger partial charge in [-0.2, -0.15) is 0 Å². The Kier molecular flexibility index (Phi) is 10.2. The van der Waals surface area contributed by atoms with Gasteiger partial charge in [0.2, 0.25) is 0 Å². The van der Waals surface area contributed by atoms with Crippen LogP contribution in [0.15, 0.2) is 23.3 Å². The normalized spacial score (nSPS) is 15.1. The fourth-order valence-electron chi connectivity index (χ4n) is 1.80. The van der Waals surface area contributed by atoms with Crippen molar-refractivity contribution in [3.8, 4) is 0 Å². The van der Waals surface area contributed by atoms with Gasteiger partial charge in [-0.15, -0.1) is 0 Å². The molecule has 1 unspecified atom stereocenters. The first-order valence-electron chi connectivity index (χ1n) is 7.22. The van der Waals surface area contributed by atoms with E-state index in [1.807, 2.05) is 0 Å². The Labute approximate surface area is 108 Å². The molecule has 0 saturated heterocycles. The van der Waals surface area contributed by atoms with E-state index < -0.39 is 0 Å². The summed E-state index contributed by atoms with van der Waals surface area (Å²) in [5, 5.41) is 0. The largest absolute Gasteiger partial charge is 0.330 e. The summed E-state index contributed by atoms with van der Waals surface area (Å²) in [4.78, 5) is 0. The molecule has 1 atom stereocenters. The average Bonchev–Trinajstić information content (AvgIpc) is 2.33. The molecule has 100 valence electrons. The summed E-state index contributed by atoms with van der Waals surface area (Å²) >= 11 is 0. The third-order valence-electron chi connectivity index (χ3n) is 3.39. The van der Waals surface area contributed by atoms with Crippen LogP contribution in [0.3, 0.4) is 0 Å². The number of allylic oxidation sites excluding steroid dienone is 3. The highest BCUT2D eigenvalue weighted by Gasteiger charge is 2.00. The van der Waals surface area contributed by atoms with E-state index in [4.69, 9.17) is 5.73 Å². The summed E-state index contributed by atoms with van der Waals surface area (Å²) in [6.07, 6.45) is 12.1. The first kappa shape index (κ1) is 16.4. The number of rotatable bonds is 9. The molecule has 0 aromatic rings. The maximum Gasteiger partial charge on any atom is -0.00398 e. The lowest BCUT2D eigenvalue weighted by atomic mass is 9.98. The van der Waals surface area contributed by atoms with Crippen molar-refractivity contribution in [3.05, 3.63) is 23.3 Å². The van der Waals surface area contributed by atoms with E-state index in [1.54, 1.807) is 0 Å². The van der Waals surface area contributed by atoms with E-state index in [1.165, 1.54) is 43.3 Å². The Bertz CT molecular complexity index is 238. The molecule has 0 aliphatic carbocycles. The lowest BCUT2D eigenvalue weighted by Gasteiger charge is -2.09. The van der Waals surface area contributed by atoms with Crippen molar-refractivity contribution in [1.29, 1.82) is 0 Å². The predicted molar refractivity (Wildman–Crippen MR) is 79.1 cm³/mol. The van der Waals surface area contributed by atoms with Crippen LogP contribution in [0.5, 0.6) is 0 Å². The minimum Gasteiger partial charge on any atom is -0.330 e. The van der Waals surface area contributed by atoms with Gasteiger partial charge in [0, 0.05) is 0 Å². The summed E-state index contributed by atoms with van der Waals surface area (Å²) in [6.45, 7) is 9.77. The Morgan fingerprint density at radius 3 is 2.41 bits per heavy atom. The molecule has 0 aromatic heterocycles. The zero-order valence-corrected chi connectivity index (χ0v) is 12.3. The van der Waals surface area contributed by atoms with Crippen molar-refractivity contribution in [2.24, 2.45) is 11.7 Å². The predicted octanol–water partition coefficient (Wildman–Crippen LogP) is 4.83. The van der Waals surface area contributed by atoms with Crippen molar-refractivity contribution >= 4 is 0 Å². The quantitative estimate of drug-likeness (QED) is 0.451. The Morgan fingerprint density at radius 2 is 1.88 bits per heavy atom. The van der Waals surface area contributed by atoms with Gasteiger partial charge in [-0.1, -0.05) is 57.8 Å². The van der Waals surface area contributed by atoms with Crippen LogP contribution in [-0.2, 0) is 0 Å². The van der Waals surface area contributed by atoms with E-state index in [0.717, 1.165) is 13.0 Å². The molecule has 0 heterocycles. The minimum absolute atomic E-state index is 0.682. The van der Waals surface area contributed by atoms with E-state index in [2.05, 4.69) is 39.8 Å². The van der Waals surface area contributed by atoms with Gasteiger partial charge in [-0.3, -0.25) is 0 Å². The molecule has 0 radical (unpaired) electrons. The van der Waals surface area contributed by atoms with Crippen LogP contribution in [0.2, 0.25) is 0 Å². The number of nitrogens with two attached hydrogens (primary N) is 1. The van der Waals surface area contributed by atoms with Gasteiger partial charge in [-0.25, -0.2) is 0 Å². The van der Waals surface area contributed by atoms with E-state index in [0.29, 0.717) is 5.92 Å². The second-order valence-corrected chi connectivity index (χ2v) is 5.05. The third kappa shape index (κ3) is 8.20. The van der Waals surface area contributed by atoms with Crippen LogP contribution in [0.25, 0.3) is 0 Å². The number of hydrogen-bond donors (Lipinski definition) is 1. The standard InChI is InChI=1S/C16H31N/c1-5-7-8-9-16(15(4)12-13-17)11-10-14(3)6-2/h10-11,14H,5-9,12-13,17H2,1-4H3/b11-10-,16-15+. The second kappa shape index (κ2) is 10.6. The molecule has 2 N–H and O–H groups in total. The Hall–Kier alpha value is -0.560. The summed E-state index contributed by atoms with van der Waals surface area (Å²) in [7, 11) is 0. The summed E-state index contributed by atoms with van der Waals surface area (Å²) < 4.78 is 0. The zero-order valence-electron chi connectivity index (χ0n) is 12.3. The number of hydrogen-bond acceptors (Lipinski definition) is 1. The minimum atomic E-state index is 0.682. The molecule has 1 heteroatoms. The molecule has 0 aliphatic rings. The van der Waals surface area contributed by atoms with Crippen molar-refractivity contribution in [2.75, 3.05) is 6.54 Å². The van der Waals surface area contributed by atoms with E-state index >= 15 is 0 Å². The molecule has 0 rings (SSSR count). The van der Waals surface area contributed by atoms with Crippen molar-refractivity contribution in [1.82, 2.24) is 0 Å². The molecule has 0 saturated carbocycles. The summed E-state index contributed by atoms with van der Waals surface area (Å²) in [5.41, 5.74) is 8.64. The summed E-state index contributed by atoms with van der Waals surface area (Å²) in [5.74, 6) is 0.682. The topological polar surface area (TPSA) is 26.0 Å². The summed E-state index contributed by atoms with van der Waals surface area (Å²) in [6, 6.07) is 0. The molecule has 1 nitrogen and oxygen atoms in total. The highest BCUT2D eigenvalue weighted by atomic mass is 14.5. The molecular weight excluding hydrogens is 206 g/mol. The van der Waals surface area contributed by atoms with Gasteiger partial charge in [0.05, 0.1) is 0 Å². The highest BCUT2D eigenvalue weighted by molar-refractivity contribution is 5.25. The Balaban J connectivity index is 4.50. The number of unbranched alkanes of at least 4 members (excludes halogenated alkanes) is 2. The first-order chi connectivity index (χ1) is 8.15. The van der Waals surface area contributed by atoms with Crippen LogP contribution in [-0.4, -0.2) is 6.54 Å². The maximum absolute atomic E-state index is 5.65. The van der Waals surface area contributed by atoms with Crippen LogP contribution < -0.4 is 5.73 Å². The lowest BCUT2D eigenvalue weighted by molar-refractivity contribution is 0.691. The SMILES string of the molecule is CCCCCC(/C=C\C(C)CC)=C(/C)CCN. The van der Waals surface area contributed by atoms with Crippen molar-refractivity contribution in [2.45, 2.75) is 66.2 Å². The molecule has 0 spiro atoms. The van der Waals surface area contributed by atoms with Crippen LogP contribution in [0, 0.1) is 5.92 Å². The van der Waals surface area contributed by atoms with Gasteiger partial charge in [0.25, 0.3) is 0 Å². The molecule has 0 aliphatic heterocycles. The van der Waals surface area contributed by atoms with Crippen LogP contribution in [0.4, 0.5) is 0 Å². The molecule has 17 heavy (non-hydrogen) atoms. The van der Waals surface area contributed by atoms with Gasteiger partial charge in [-0.05, 0) is 44.2 Å². The molecular formula is C16H31N. The second-order valence-electron chi connectivity index (χ2n) is 5.05. The van der Waals surface area contributed by atoms with E-state index in [9.17, 15) is 0 Å². The smallest absolute Gasteiger partial charge is 0.00398 e. The van der Waals surface area contributed by atoms with Gasteiger partial charge in [0.1, 0.15) is 0 Å². The van der Waals surface area contributed by atoms with Crippen molar-refractivity contribution < 1.29 is 0 Å². The monoisotopic (exact) mass is 237 g/mol. The maximum atomic E-state index is 5.65. The molecule has 0 aromatic carbocycles. The average molecular weight is 237 g/mol. The molecule has 0 fully saturated rings. The van der Waals surface area contributed by atoms with E-state index in [-0.39, 0.29) is 0 Å². The zero-order chi connectivity index (χ0) is 13.1. The highest BCUT2D eigenvalue weighted by Crippen LogP contribution is 2.18. The van der Waals surface area contributed by atoms with Gasteiger partial charge < -0.3 is 5.73 Å². The van der Waals surface area contributed by atoms with Crippen molar-refractivity contribution in [3.63, 3.8) is 0 Å². The molecule has 0 bridgehead atoms. The third-order valence-corrected chi connectivity index (χ3v) is 3.39. The fourth-order valence-corrected chi connectivity index (χ4v) is 1.80. The van der Waals surface area contributed by atoms with Gasteiger partial charge >= 0.3 is 0 Å². The van der Waals surface area contributed by atoms with Gasteiger partial charge in [0.15, 0.2) is 0 Å². The molecule has 0 amide bonds. The van der Waals surface area contributed by atoms with Crippen LogP contribution >= 0.6 is 0 Å². The fraction of sp³-hybridized carbons (Fsp3) is 0.750.